The maximum absolute atomic E-state index is 12.2. The van der Waals surface area contributed by atoms with E-state index < -0.39 is 17.6 Å². The minimum absolute atomic E-state index is 0.0838. The number of halogens is 3. The number of aromatic nitrogens is 3. The molecule has 4 nitrogen and oxygen atoms in total. The van der Waals surface area contributed by atoms with Gasteiger partial charge in [-0.05, 0) is 12.1 Å². The summed E-state index contributed by atoms with van der Waals surface area (Å²) in [5, 5.41) is 4.89. The van der Waals surface area contributed by atoms with Gasteiger partial charge in [-0.15, -0.1) is 10.2 Å². The van der Waals surface area contributed by atoms with Gasteiger partial charge in [0.1, 0.15) is 0 Å². The molecule has 0 saturated heterocycles. The lowest BCUT2D eigenvalue weighted by atomic mass is 10.2. The first-order valence-corrected chi connectivity index (χ1v) is 4.94. The Bertz CT molecular complexity index is 541. The van der Waals surface area contributed by atoms with Crippen LogP contribution in [0.4, 0.5) is 8.78 Å². The molecule has 0 aliphatic heterocycles. The van der Waals surface area contributed by atoms with Crippen molar-refractivity contribution in [1.82, 2.24) is 15.2 Å². The Morgan fingerprint density at radius 2 is 2.25 bits per heavy atom. The van der Waals surface area contributed by atoms with Gasteiger partial charge in [-0.1, -0.05) is 15.9 Å². The minimum atomic E-state index is -2.82. The van der Waals surface area contributed by atoms with Gasteiger partial charge in [0, 0.05) is 14.2 Å². The van der Waals surface area contributed by atoms with Crippen molar-refractivity contribution in [2.45, 2.75) is 11.7 Å². The molecule has 0 bridgehead atoms. The van der Waals surface area contributed by atoms with Crippen molar-refractivity contribution in [3.8, 4) is 11.5 Å². The minimum Gasteiger partial charge on any atom is -0.415 e. The van der Waals surface area contributed by atoms with E-state index in [4.69, 9.17) is 7.16 Å². The van der Waals surface area contributed by atoms with Crippen molar-refractivity contribution in [1.29, 1.82) is 0 Å². The van der Waals surface area contributed by atoms with E-state index in [1.807, 2.05) is 0 Å². The first-order valence-electron chi connectivity index (χ1n) is 5.15. The third kappa shape index (κ3) is 2.24. The lowest BCUT2D eigenvalue weighted by molar-refractivity contribution is 0.116. The zero-order valence-corrected chi connectivity index (χ0v) is 9.28. The smallest absolute Gasteiger partial charge is 0.314 e. The van der Waals surface area contributed by atoms with E-state index >= 15 is 0 Å². The Balaban J connectivity index is 2.29. The number of alkyl halides is 3. The quantitative estimate of drug-likeness (QED) is 0.816. The van der Waals surface area contributed by atoms with Crippen molar-refractivity contribution in [3.63, 3.8) is 0 Å². The fraction of sp³-hybridized carbons (Fsp3) is 0.222. The fourth-order valence-electron chi connectivity index (χ4n) is 1.02. The molecule has 16 heavy (non-hydrogen) atoms. The molecule has 2 heterocycles. The highest BCUT2D eigenvalue weighted by atomic mass is 79.9. The molecule has 0 aliphatic carbocycles. The number of hydrogen-bond donors (Lipinski definition) is 0. The molecule has 0 N–H and O–H groups in total. The predicted molar refractivity (Wildman–Crippen MR) is 55.1 cm³/mol. The third-order valence-electron chi connectivity index (χ3n) is 1.73. The van der Waals surface area contributed by atoms with Crippen molar-refractivity contribution in [3.05, 3.63) is 29.9 Å². The van der Waals surface area contributed by atoms with Crippen LogP contribution in [0.5, 0.6) is 0 Å². The molecule has 0 unspecified atom stereocenters. The summed E-state index contributed by atoms with van der Waals surface area (Å²) in [5.74, 6) is -0.843. The van der Waals surface area contributed by atoms with Gasteiger partial charge in [0.15, 0.2) is 0 Å². The molecule has 0 fully saturated rings. The van der Waals surface area contributed by atoms with Crippen molar-refractivity contribution in [2.24, 2.45) is 0 Å². The molecule has 0 atom stereocenters. The highest BCUT2D eigenvalue weighted by molar-refractivity contribution is 9.08. The standard InChI is InChI=1S/C9H6BrF2N3O/c10-3-6-2-1-5(4-13-6)8-14-15-9(16-8)7(11)12/h1-2,4,7H,3H2/i3D2. The second-order valence-electron chi connectivity index (χ2n) is 2.77. The van der Waals surface area contributed by atoms with Gasteiger partial charge in [-0.25, -0.2) is 0 Å². The van der Waals surface area contributed by atoms with Gasteiger partial charge in [-0.3, -0.25) is 4.98 Å². The topological polar surface area (TPSA) is 51.8 Å². The van der Waals surface area contributed by atoms with Crippen molar-refractivity contribution >= 4 is 15.9 Å². The summed E-state index contributed by atoms with van der Waals surface area (Å²) in [6.45, 7) is 0. The molecular formula is C9H6BrF2N3O. The summed E-state index contributed by atoms with van der Waals surface area (Å²) < 4.78 is 44.0. The Hall–Kier alpha value is -1.37. The van der Waals surface area contributed by atoms with E-state index in [0.717, 1.165) is 0 Å². The second kappa shape index (κ2) is 4.65. The SMILES string of the molecule is [2H]C([2H])(Br)c1ccc(-c2nnc(C(F)F)o2)cn1. The van der Waals surface area contributed by atoms with Crippen LogP contribution in [0.15, 0.2) is 22.7 Å². The number of hydrogen-bond acceptors (Lipinski definition) is 4. The lowest BCUT2D eigenvalue weighted by Gasteiger charge is -1.96. The van der Waals surface area contributed by atoms with Crippen LogP contribution >= 0.6 is 15.9 Å². The zero-order valence-electron chi connectivity index (χ0n) is 9.69. The normalized spacial score (nSPS) is 13.8. The Morgan fingerprint density at radius 1 is 1.44 bits per heavy atom. The lowest BCUT2D eigenvalue weighted by Crippen LogP contribution is -1.85. The summed E-state index contributed by atoms with van der Waals surface area (Å²) in [6.07, 6.45) is -1.55. The van der Waals surface area contributed by atoms with E-state index in [-0.39, 0.29) is 11.6 Å². The summed E-state index contributed by atoms with van der Waals surface area (Å²) in [7, 11) is 0. The molecule has 2 aromatic rings. The Morgan fingerprint density at radius 3 is 2.75 bits per heavy atom. The fourth-order valence-corrected chi connectivity index (χ4v) is 1.25. The summed E-state index contributed by atoms with van der Waals surface area (Å²) in [5.41, 5.74) is 0.495. The molecule has 0 amide bonds. The molecule has 7 heteroatoms. The van der Waals surface area contributed by atoms with Crippen LogP contribution in [0.2, 0.25) is 0 Å². The van der Waals surface area contributed by atoms with Gasteiger partial charge in [0.2, 0.25) is 5.89 Å². The average molecular weight is 292 g/mol. The molecule has 84 valence electrons. The van der Waals surface area contributed by atoms with Gasteiger partial charge in [-0.2, -0.15) is 8.78 Å². The third-order valence-corrected chi connectivity index (χ3v) is 2.14. The van der Waals surface area contributed by atoms with Gasteiger partial charge >= 0.3 is 6.43 Å². The van der Waals surface area contributed by atoms with Crippen LogP contribution in [0.25, 0.3) is 11.5 Å². The van der Waals surface area contributed by atoms with E-state index in [1.165, 1.54) is 18.3 Å². The van der Waals surface area contributed by atoms with E-state index in [2.05, 4.69) is 31.1 Å². The monoisotopic (exact) mass is 291 g/mol. The van der Waals surface area contributed by atoms with Crippen LogP contribution in [0.1, 0.15) is 20.8 Å². The summed E-state index contributed by atoms with van der Waals surface area (Å²) >= 11 is 2.81. The Labute approximate surface area is 101 Å². The first kappa shape index (κ1) is 8.74. The number of rotatable bonds is 3. The highest BCUT2D eigenvalue weighted by Crippen LogP contribution is 2.22. The summed E-state index contributed by atoms with van der Waals surface area (Å²) in [4.78, 5) is 3.84. The van der Waals surface area contributed by atoms with Crippen molar-refractivity contribution in [2.75, 3.05) is 0 Å². The molecule has 0 spiro atoms. The van der Waals surface area contributed by atoms with Crippen LogP contribution in [0, 0.1) is 0 Å². The predicted octanol–water partition coefficient (Wildman–Crippen LogP) is 2.96. The number of nitrogens with zero attached hydrogens (tertiary/aromatic N) is 3. The van der Waals surface area contributed by atoms with E-state index in [9.17, 15) is 8.78 Å². The molecule has 0 saturated carbocycles. The summed E-state index contributed by atoms with van der Waals surface area (Å²) in [6, 6.07) is 2.86. The van der Waals surface area contributed by atoms with E-state index in [1.54, 1.807) is 0 Å². The maximum Gasteiger partial charge on any atom is 0.314 e. The van der Waals surface area contributed by atoms with Crippen LogP contribution in [0.3, 0.4) is 0 Å². The molecule has 2 rings (SSSR count). The maximum atomic E-state index is 12.2. The molecular weight excluding hydrogens is 284 g/mol. The van der Waals surface area contributed by atoms with Gasteiger partial charge in [0.25, 0.3) is 5.89 Å². The average Bonchev–Trinajstić information content (AvgIpc) is 2.77. The zero-order chi connectivity index (χ0) is 13.3. The Kier molecular flexibility index (Phi) is 2.54. The van der Waals surface area contributed by atoms with Crippen LogP contribution < -0.4 is 0 Å². The van der Waals surface area contributed by atoms with E-state index in [0.29, 0.717) is 5.56 Å². The molecule has 0 aromatic carbocycles. The highest BCUT2D eigenvalue weighted by Gasteiger charge is 2.16. The largest absolute Gasteiger partial charge is 0.415 e. The van der Waals surface area contributed by atoms with Gasteiger partial charge in [0.05, 0.1) is 11.3 Å². The molecule has 0 radical (unpaired) electrons. The van der Waals surface area contributed by atoms with Gasteiger partial charge < -0.3 is 4.42 Å². The van der Waals surface area contributed by atoms with Crippen LogP contribution in [-0.2, 0) is 5.28 Å². The number of pyridine rings is 1. The molecule has 0 aliphatic rings. The van der Waals surface area contributed by atoms with Crippen molar-refractivity contribution < 1.29 is 15.9 Å². The first-order chi connectivity index (χ1) is 8.38. The van der Waals surface area contributed by atoms with Crippen LogP contribution in [-0.4, -0.2) is 15.2 Å². The molecule has 2 aromatic heterocycles. The second-order valence-corrected chi connectivity index (χ2v) is 3.17.